The number of carboxylic acid groups (broad SMARTS) is 1. The van der Waals surface area contributed by atoms with Crippen molar-refractivity contribution in [2.45, 2.75) is 32.2 Å². The molecule has 110 valence electrons. The molecule has 1 unspecified atom stereocenters. The lowest BCUT2D eigenvalue weighted by atomic mass is 10.0. The predicted molar refractivity (Wildman–Crippen MR) is 72.2 cm³/mol. The van der Waals surface area contributed by atoms with Crippen molar-refractivity contribution in [3.05, 3.63) is 18.2 Å². The molecule has 20 heavy (non-hydrogen) atoms. The zero-order valence-electron chi connectivity index (χ0n) is 11.5. The van der Waals surface area contributed by atoms with Crippen molar-refractivity contribution in [1.29, 1.82) is 0 Å². The number of urea groups is 1. The molecule has 0 aliphatic carbocycles. The number of amides is 2. The predicted octanol–water partition coefficient (Wildman–Crippen LogP) is 0.847. The van der Waals surface area contributed by atoms with Crippen LogP contribution < -0.4 is 5.32 Å². The highest BCUT2D eigenvalue weighted by Gasteiger charge is 2.26. The average Bonchev–Trinajstić information content (AvgIpc) is 2.90. The molecule has 2 atom stereocenters. The number of H-pyrrole nitrogens is 1. The van der Waals surface area contributed by atoms with Gasteiger partial charge in [-0.3, -0.25) is 0 Å². The van der Waals surface area contributed by atoms with Crippen LogP contribution in [0.15, 0.2) is 12.5 Å². The van der Waals surface area contributed by atoms with E-state index in [1.165, 1.54) is 6.33 Å². The van der Waals surface area contributed by atoms with Crippen LogP contribution in [-0.4, -0.2) is 51.1 Å². The van der Waals surface area contributed by atoms with Gasteiger partial charge < -0.3 is 20.3 Å². The van der Waals surface area contributed by atoms with Crippen molar-refractivity contribution in [3.63, 3.8) is 0 Å². The smallest absolute Gasteiger partial charge is 0.326 e. The fraction of sp³-hybridized carbons (Fsp3) is 0.615. The van der Waals surface area contributed by atoms with Crippen molar-refractivity contribution in [1.82, 2.24) is 20.2 Å². The summed E-state index contributed by atoms with van der Waals surface area (Å²) in [6, 6.07) is -1.25. The minimum absolute atomic E-state index is 0.199. The lowest BCUT2D eigenvalue weighted by Gasteiger charge is -2.31. The van der Waals surface area contributed by atoms with Crippen molar-refractivity contribution < 1.29 is 14.7 Å². The Hall–Kier alpha value is -2.05. The van der Waals surface area contributed by atoms with Crippen LogP contribution in [0, 0.1) is 5.92 Å². The first kappa shape index (κ1) is 14.4. The number of carbonyl (C=O) groups is 2. The molecule has 2 amide bonds. The molecule has 0 aromatic carbocycles. The number of aliphatic carboxylic acids is 1. The SMILES string of the molecule is CC1CCCN(C(=O)N[C@@H](Cc2cnc[nH]2)C(=O)O)C1. The van der Waals surface area contributed by atoms with E-state index in [0.29, 0.717) is 24.7 Å². The Kier molecular flexibility index (Phi) is 4.60. The van der Waals surface area contributed by atoms with E-state index in [4.69, 9.17) is 0 Å². The minimum atomic E-state index is -1.04. The highest BCUT2D eigenvalue weighted by molar-refractivity contribution is 5.82. The minimum Gasteiger partial charge on any atom is -0.480 e. The molecule has 1 aliphatic rings. The van der Waals surface area contributed by atoms with E-state index >= 15 is 0 Å². The summed E-state index contributed by atoms with van der Waals surface area (Å²) in [4.78, 5) is 31.7. The van der Waals surface area contributed by atoms with Crippen molar-refractivity contribution in [2.24, 2.45) is 5.92 Å². The second kappa shape index (κ2) is 6.40. The number of imidazole rings is 1. The van der Waals surface area contributed by atoms with Crippen LogP contribution in [0.2, 0.25) is 0 Å². The number of aromatic nitrogens is 2. The number of carboxylic acids is 1. The van der Waals surface area contributed by atoms with Gasteiger partial charge in [-0.1, -0.05) is 6.92 Å². The highest BCUT2D eigenvalue weighted by atomic mass is 16.4. The average molecular weight is 280 g/mol. The summed E-state index contributed by atoms with van der Waals surface area (Å²) in [7, 11) is 0. The van der Waals surface area contributed by atoms with Gasteiger partial charge >= 0.3 is 12.0 Å². The normalized spacial score (nSPS) is 20.4. The topological polar surface area (TPSA) is 98.3 Å². The Labute approximate surface area is 117 Å². The molecular formula is C13H20N4O3. The molecule has 2 rings (SSSR count). The summed E-state index contributed by atoms with van der Waals surface area (Å²) in [5.74, 6) is -0.580. The van der Waals surface area contributed by atoms with E-state index < -0.39 is 12.0 Å². The molecule has 7 nitrogen and oxygen atoms in total. The van der Waals surface area contributed by atoms with Crippen LogP contribution in [0.25, 0.3) is 0 Å². The zero-order chi connectivity index (χ0) is 14.5. The van der Waals surface area contributed by atoms with Gasteiger partial charge in [-0.2, -0.15) is 0 Å². The van der Waals surface area contributed by atoms with E-state index in [0.717, 1.165) is 12.8 Å². The monoisotopic (exact) mass is 280 g/mol. The van der Waals surface area contributed by atoms with E-state index in [1.54, 1.807) is 11.1 Å². The summed E-state index contributed by atoms with van der Waals surface area (Å²) in [6.07, 6.45) is 5.32. The van der Waals surface area contributed by atoms with Gasteiger partial charge in [0.15, 0.2) is 0 Å². The molecule has 1 aliphatic heterocycles. The number of hydrogen-bond donors (Lipinski definition) is 3. The van der Waals surface area contributed by atoms with Crippen molar-refractivity contribution in [2.75, 3.05) is 13.1 Å². The van der Waals surface area contributed by atoms with Gasteiger partial charge in [0.05, 0.1) is 6.33 Å². The van der Waals surface area contributed by atoms with Gasteiger partial charge in [0.25, 0.3) is 0 Å². The summed E-state index contributed by atoms with van der Waals surface area (Å²) in [6.45, 7) is 3.47. The first-order valence-electron chi connectivity index (χ1n) is 6.81. The maximum Gasteiger partial charge on any atom is 0.326 e. The molecule has 7 heteroatoms. The Morgan fingerprint density at radius 1 is 1.65 bits per heavy atom. The summed E-state index contributed by atoms with van der Waals surface area (Å²) in [5.41, 5.74) is 0.685. The Morgan fingerprint density at radius 3 is 3.05 bits per heavy atom. The Balaban J connectivity index is 1.93. The number of likely N-dealkylation sites (tertiary alicyclic amines) is 1. The lowest BCUT2D eigenvalue weighted by Crippen LogP contribution is -2.51. The first-order valence-corrected chi connectivity index (χ1v) is 6.81. The van der Waals surface area contributed by atoms with Crippen LogP contribution in [0.1, 0.15) is 25.5 Å². The van der Waals surface area contributed by atoms with E-state index in [-0.39, 0.29) is 12.5 Å². The number of rotatable bonds is 4. The van der Waals surface area contributed by atoms with Gasteiger partial charge in [-0.15, -0.1) is 0 Å². The van der Waals surface area contributed by atoms with Crippen LogP contribution in [0.4, 0.5) is 4.79 Å². The molecule has 0 radical (unpaired) electrons. The number of nitrogens with zero attached hydrogens (tertiary/aromatic N) is 2. The van der Waals surface area contributed by atoms with Gasteiger partial charge in [-0.05, 0) is 18.8 Å². The number of carbonyl (C=O) groups excluding carboxylic acids is 1. The van der Waals surface area contributed by atoms with Crippen molar-refractivity contribution in [3.8, 4) is 0 Å². The third kappa shape index (κ3) is 3.72. The zero-order valence-corrected chi connectivity index (χ0v) is 11.5. The first-order chi connectivity index (χ1) is 9.56. The van der Waals surface area contributed by atoms with Crippen molar-refractivity contribution >= 4 is 12.0 Å². The van der Waals surface area contributed by atoms with Gasteiger partial charge in [0, 0.05) is 31.4 Å². The fourth-order valence-corrected chi connectivity index (χ4v) is 2.43. The number of aromatic amines is 1. The maximum atomic E-state index is 12.1. The molecule has 1 aromatic heterocycles. The van der Waals surface area contributed by atoms with Crippen LogP contribution in [0.5, 0.6) is 0 Å². The maximum absolute atomic E-state index is 12.1. The Bertz CT molecular complexity index is 460. The van der Waals surface area contributed by atoms with Crippen LogP contribution >= 0.6 is 0 Å². The van der Waals surface area contributed by atoms with Gasteiger partial charge in [0.2, 0.25) is 0 Å². The molecule has 3 N–H and O–H groups in total. The third-order valence-corrected chi connectivity index (χ3v) is 3.52. The second-order valence-corrected chi connectivity index (χ2v) is 5.31. The highest BCUT2D eigenvalue weighted by Crippen LogP contribution is 2.15. The quantitative estimate of drug-likeness (QED) is 0.761. The summed E-state index contributed by atoms with van der Waals surface area (Å²) >= 11 is 0. The Morgan fingerprint density at radius 2 is 2.45 bits per heavy atom. The molecule has 2 heterocycles. The largest absolute Gasteiger partial charge is 0.480 e. The molecule has 1 fully saturated rings. The second-order valence-electron chi connectivity index (χ2n) is 5.31. The molecule has 0 saturated carbocycles. The standard InChI is InChI=1S/C13H20N4O3/c1-9-3-2-4-17(7-9)13(20)16-11(12(18)19)5-10-6-14-8-15-10/h6,8-9,11H,2-5,7H2,1H3,(H,14,15)(H,16,20)(H,18,19)/t9?,11-/m0/s1. The number of piperidine rings is 1. The van der Waals surface area contributed by atoms with E-state index in [1.807, 2.05) is 0 Å². The van der Waals surface area contributed by atoms with Gasteiger partial charge in [-0.25, -0.2) is 14.6 Å². The molecule has 0 spiro atoms. The molecule has 1 saturated heterocycles. The van der Waals surface area contributed by atoms with E-state index in [9.17, 15) is 14.7 Å². The summed E-state index contributed by atoms with van der Waals surface area (Å²) in [5, 5.41) is 11.8. The van der Waals surface area contributed by atoms with Crippen LogP contribution in [0.3, 0.4) is 0 Å². The molecule has 0 bridgehead atoms. The van der Waals surface area contributed by atoms with E-state index in [2.05, 4.69) is 22.2 Å². The lowest BCUT2D eigenvalue weighted by molar-refractivity contribution is -0.139. The van der Waals surface area contributed by atoms with Crippen LogP contribution in [-0.2, 0) is 11.2 Å². The molecular weight excluding hydrogens is 260 g/mol. The summed E-state index contributed by atoms with van der Waals surface area (Å²) < 4.78 is 0. The van der Waals surface area contributed by atoms with Gasteiger partial charge in [0.1, 0.15) is 6.04 Å². The fourth-order valence-electron chi connectivity index (χ4n) is 2.43. The number of hydrogen-bond acceptors (Lipinski definition) is 3. The molecule has 1 aromatic rings. The third-order valence-electron chi connectivity index (χ3n) is 3.52. The number of nitrogens with one attached hydrogen (secondary N) is 2.